The van der Waals surface area contributed by atoms with Crippen LogP contribution in [0.5, 0.6) is 0 Å². The van der Waals surface area contributed by atoms with E-state index in [-0.39, 0.29) is 42.2 Å². The second-order valence-corrected chi connectivity index (χ2v) is 9.78. The number of cyclic esters (lactones) is 1. The van der Waals surface area contributed by atoms with Crippen LogP contribution in [0.25, 0.3) is 22.3 Å². The van der Waals surface area contributed by atoms with Crippen molar-refractivity contribution in [2.45, 2.75) is 45.6 Å². The van der Waals surface area contributed by atoms with Crippen LogP contribution in [0, 0.1) is 0 Å². The van der Waals surface area contributed by atoms with Crippen molar-refractivity contribution in [2.24, 2.45) is 0 Å². The van der Waals surface area contributed by atoms with E-state index in [1.54, 1.807) is 41.8 Å². The molecule has 40 heavy (non-hydrogen) atoms. The molecule has 4 heterocycles. The summed E-state index contributed by atoms with van der Waals surface area (Å²) in [5, 5.41) is 3.62. The lowest BCUT2D eigenvalue weighted by Gasteiger charge is -2.35. The summed E-state index contributed by atoms with van der Waals surface area (Å²) in [6.07, 6.45) is -1.05. The van der Waals surface area contributed by atoms with Crippen molar-refractivity contribution in [1.29, 1.82) is 0 Å². The van der Waals surface area contributed by atoms with E-state index in [4.69, 9.17) is 19.2 Å². The van der Waals surface area contributed by atoms with Gasteiger partial charge in [-0.2, -0.15) is 0 Å². The summed E-state index contributed by atoms with van der Waals surface area (Å²) in [6.45, 7) is 3.07. The third-order valence-electron chi connectivity index (χ3n) is 7.27. The highest BCUT2D eigenvalue weighted by atomic mass is 16.7. The molecule has 4 aromatic rings. The molecule has 0 fully saturated rings. The summed E-state index contributed by atoms with van der Waals surface area (Å²) < 4.78 is 18.0. The summed E-state index contributed by atoms with van der Waals surface area (Å²) in [4.78, 5) is 55.7. The minimum atomic E-state index is -1.85. The summed E-state index contributed by atoms with van der Waals surface area (Å²) in [5.41, 5.74) is 2.47. The summed E-state index contributed by atoms with van der Waals surface area (Å²) >= 11 is 0. The van der Waals surface area contributed by atoms with Gasteiger partial charge in [0.1, 0.15) is 13.2 Å². The van der Waals surface area contributed by atoms with Crippen molar-refractivity contribution < 1.29 is 28.6 Å². The molecular weight excluding hydrogens is 514 g/mol. The van der Waals surface area contributed by atoms with E-state index in [0.717, 1.165) is 16.5 Å². The smallest absolute Gasteiger partial charge is 0.457 e. The van der Waals surface area contributed by atoms with Gasteiger partial charge in [-0.3, -0.25) is 9.59 Å². The Balaban J connectivity index is 1.32. The van der Waals surface area contributed by atoms with E-state index in [9.17, 15) is 19.2 Å². The van der Waals surface area contributed by atoms with Crippen molar-refractivity contribution in [3.05, 3.63) is 93.3 Å². The first kappa shape index (κ1) is 25.3. The molecule has 0 bridgehead atoms. The van der Waals surface area contributed by atoms with Gasteiger partial charge >= 0.3 is 12.1 Å². The number of carbonyl (C=O) groups is 3. The molecule has 1 amide bonds. The third kappa shape index (κ3) is 4.17. The predicted octanol–water partition coefficient (Wildman–Crippen LogP) is 4.40. The van der Waals surface area contributed by atoms with Gasteiger partial charge in [0, 0.05) is 29.1 Å². The summed E-state index contributed by atoms with van der Waals surface area (Å²) in [5.74, 6) is -0.969. The van der Waals surface area contributed by atoms with Crippen LogP contribution in [0.3, 0.4) is 0 Å². The molecule has 2 aromatic carbocycles. The van der Waals surface area contributed by atoms with Gasteiger partial charge in [0.05, 0.1) is 29.0 Å². The van der Waals surface area contributed by atoms with Crippen molar-refractivity contribution in [1.82, 2.24) is 9.55 Å². The van der Waals surface area contributed by atoms with Crippen LogP contribution in [0.1, 0.15) is 42.5 Å². The minimum Gasteiger partial charge on any atom is -0.457 e. The van der Waals surface area contributed by atoms with Crippen molar-refractivity contribution in [3.8, 4) is 11.4 Å². The van der Waals surface area contributed by atoms with Crippen LogP contribution < -0.4 is 10.9 Å². The zero-order valence-corrected chi connectivity index (χ0v) is 21.9. The zero-order valence-electron chi connectivity index (χ0n) is 21.9. The fraction of sp³-hybridized carbons (Fsp3) is 0.233. The van der Waals surface area contributed by atoms with E-state index in [0.29, 0.717) is 29.2 Å². The molecule has 1 N–H and O–H groups in total. The van der Waals surface area contributed by atoms with Gasteiger partial charge in [0.25, 0.3) is 5.56 Å². The van der Waals surface area contributed by atoms with Gasteiger partial charge in [-0.15, -0.1) is 0 Å². The molecule has 0 saturated carbocycles. The molecule has 0 unspecified atom stereocenters. The number of aromatic nitrogens is 2. The Hall–Kier alpha value is -4.99. The number of carbonyl (C=O) groups excluding carboxylic acids is 3. The molecule has 2 aliphatic rings. The van der Waals surface area contributed by atoms with Crippen molar-refractivity contribution in [2.75, 3.05) is 5.32 Å². The first-order valence-electron chi connectivity index (χ1n) is 12.8. The summed E-state index contributed by atoms with van der Waals surface area (Å²) in [6, 6.07) is 18.1. The molecular formula is C30H25N3O7. The maximum atomic E-state index is 13.6. The monoisotopic (exact) mass is 539 g/mol. The maximum Gasteiger partial charge on any atom is 0.510 e. The Morgan fingerprint density at radius 1 is 1.10 bits per heavy atom. The Labute approximate surface area is 228 Å². The van der Waals surface area contributed by atoms with Crippen LogP contribution >= 0.6 is 0 Å². The van der Waals surface area contributed by atoms with Crippen LogP contribution in [0.4, 0.5) is 10.5 Å². The average Bonchev–Trinajstić information content (AvgIpc) is 3.30. The number of amides is 1. The number of benzene rings is 2. The molecule has 2 aliphatic heterocycles. The van der Waals surface area contributed by atoms with Gasteiger partial charge in [0.2, 0.25) is 11.5 Å². The first-order chi connectivity index (χ1) is 19.3. The maximum absolute atomic E-state index is 13.6. The number of anilines is 1. The quantitative estimate of drug-likeness (QED) is 0.326. The van der Waals surface area contributed by atoms with E-state index in [1.807, 2.05) is 30.3 Å². The second-order valence-electron chi connectivity index (χ2n) is 9.78. The van der Waals surface area contributed by atoms with Gasteiger partial charge in [0.15, 0.2) is 0 Å². The highest BCUT2D eigenvalue weighted by molar-refractivity contribution is 5.89. The van der Waals surface area contributed by atoms with E-state index >= 15 is 0 Å². The largest absolute Gasteiger partial charge is 0.510 e. The second kappa shape index (κ2) is 9.64. The molecule has 0 aliphatic carbocycles. The first-order valence-corrected chi connectivity index (χ1v) is 12.8. The predicted molar refractivity (Wildman–Crippen MR) is 144 cm³/mol. The highest BCUT2D eigenvalue weighted by Crippen LogP contribution is 2.41. The Bertz CT molecular complexity index is 1760. The van der Waals surface area contributed by atoms with Crippen LogP contribution in [-0.2, 0) is 49.2 Å². The van der Waals surface area contributed by atoms with Gasteiger partial charge in [-0.1, -0.05) is 37.3 Å². The molecule has 0 saturated heterocycles. The number of hydrogen-bond donors (Lipinski definition) is 1. The fourth-order valence-electron chi connectivity index (χ4n) is 5.28. The van der Waals surface area contributed by atoms with E-state index < -0.39 is 17.7 Å². The molecule has 10 nitrogen and oxygen atoms in total. The lowest BCUT2D eigenvalue weighted by atomic mass is 9.85. The van der Waals surface area contributed by atoms with E-state index in [1.165, 1.54) is 6.92 Å². The van der Waals surface area contributed by atoms with Crippen LogP contribution in [0.15, 0.2) is 65.5 Å². The molecule has 10 heteroatoms. The Morgan fingerprint density at radius 3 is 2.62 bits per heavy atom. The number of esters is 1. The normalized spacial score (nSPS) is 16.9. The molecule has 1 atom stereocenters. The minimum absolute atomic E-state index is 0.0280. The number of pyridine rings is 2. The van der Waals surface area contributed by atoms with Gasteiger partial charge in [-0.25, -0.2) is 14.6 Å². The number of fused-ring (bicyclic) bond motifs is 5. The number of para-hydroxylation sites is 1. The molecule has 0 spiro atoms. The molecule has 6 rings (SSSR count). The number of nitrogens with zero attached hydrogens (tertiary/aromatic N) is 2. The Kier molecular flexibility index (Phi) is 6.10. The van der Waals surface area contributed by atoms with Crippen molar-refractivity contribution in [3.63, 3.8) is 0 Å². The fourth-order valence-corrected chi connectivity index (χ4v) is 5.28. The topological polar surface area (TPSA) is 126 Å². The van der Waals surface area contributed by atoms with Gasteiger partial charge in [-0.05, 0) is 42.3 Å². The number of nitrogens with one attached hydrogen (secondary N) is 1. The molecule has 202 valence electrons. The number of ether oxygens (including phenoxy) is 3. The highest BCUT2D eigenvalue weighted by Gasteiger charge is 2.51. The molecule has 2 aromatic heterocycles. The van der Waals surface area contributed by atoms with Crippen molar-refractivity contribution >= 4 is 34.6 Å². The Morgan fingerprint density at radius 2 is 1.88 bits per heavy atom. The zero-order chi connectivity index (χ0) is 28.0. The van der Waals surface area contributed by atoms with E-state index in [2.05, 4.69) is 5.32 Å². The number of hydrogen-bond acceptors (Lipinski definition) is 8. The summed E-state index contributed by atoms with van der Waals surface area (Å²) in [7, 11) is 0. The number of rotatable bonds is 5. The van der Waals surface area contributed by atoms with Crippen LogP contribution in [0.2, 0.25) is 0 Å². The average molecular weight is 540 g/mol. The third-order valence-corrected chi connectivity index (χ3v) is 7.27. The molecule has 0 radical (unpaired) electrons. The van der Waals surface area contributed by atoms with Gasteiger partial charge < -0.3 is 24.1 Å². The standard InChI is InChI=1S/C30H25N3O7/c1-3-30(40-29(37)39-15-18-8-10-21(11-9-18)31-17(2)34)23-13-25-26-20(12-19-6-4-5-7-24(19)32-26)14-33(25)27(35)22(23)16-38-28(30)36/h4-13H,3,14-16H2,1-2H3,(H,31,34)/t30-/m0/s1. The lowest BCUT2D eigenvalue weighted by molar-refractivity contribution is -0.175. The van der Waals surface area contributed by atoms with Crippen LogP contribution in [-0.4, -0.2) is 27.6 Å². The lowest BCUT2D eigenvalue weighted by Crippen LogP contribution is -2.47. The SMILES string of the molecule is CC[C@@]1(OC(=O)OCc2ccc(NC(C)=O)cc2)C(=O)OCc2c1cc1n(c2=O)Cc2cc3ccccc3nc2-1.